The van der Waals surface area contributed by atoms with Crippen LogP contribution < -0.4 is 0 Å². The quantitative estimate of drug-likeness (QED) is 0.761. The number of aromatic amines is 1. The van der Waals surface area contributed by atoms with Crippen molar-refractivity contribution in [2.45, 2.75) is 26.7 Å². The first-order valence-corrected chi connectivity index (χ1v) is 6.35. The van der Waals surface area contributed by atoms with E-state index in [0.29, 0.717) is 11.7 Å². The maximum absolute atomic E-state index is 7.75. The zero-order chi connectivity index (χ0) is 14.3. The van der Waals surface area contributed by atoms with Gasteiger partial charge in [-0.3, -0.25) is 10.1 Å². The fraction of sp³-hybridized carbons (Fsp3) is 0.267. The Balaban J connectivity index is 2.33. The summed E-state index contributed by atoms with van der Waals surface area (Å²) in [6.45, 7) is 6.17. The first kappa shape index (κ1) is 10.7. The molecule has 4 nitrogen and oxygen atoms in total. The number of benzene rings is 1. The van der Waals surface area contributed by atoms with Gasteiger partial charge in [-0.25, -0.2) is 4.98 Å². The van der Waals surface area contributed by atoms with E-state index in [-0.39, 0.29) is 6.17 Å². The fourth-order valence-electron chi connectivity index (χ4n) is 2.32. The van der Waals surface area contributed by atoms with Crippen molar-refractivity contribution < 1.29 is 1.37 Å². The number of hydrogen-bond donors (Lipinski definition) is 1. The molecule has 0 aliphatic rings. The number of rotatable bonds is 2. The highest BCUT2D eigenvalue weighted by atomic mass is 15.2. The van der Waals surface area contributed by atoms with E-state index >= 15 is 0 Å². The Morgan fingerprint density at radius 3 is 2.74 bits per heavy atom. The summed E-state index contributed by atoms with van der Waals surface area (Å²) in [5.74, 6) is 1.84. The SMILES string of the molecule is [2H]c1cc2c(C(C)C)ccc(-c3n[nH]c(C)n3)c2cn1. The molecule has 4 heteroatoms. The Hall–Kier alpha value is -2.23. The average molecular weight is 253 g/mol. The molecule has 1 aromatic carbocycles. The molecule has 2 heterocycles. The molecule has 0 saturated heterocycles. The number of hydrogen-bond acceptors (Lipinski definition) is 3. The van der Waals surface area contributed by atoms with Gasteiger partial charge in [0.1, 0.15) is 5.82 Å². The molecule has 0 spiro atoms. The Morgan fingerprint density at radius 1 is 1.21 bits per heavy atom. The van der Waals surface area contributed by atoms with Crippen molar-refractivity contribution in [3.63, 3.8) is 0 Å². The minimum atomic E-state index is 0.280. The number of nitrogens with one attached hydrogen (secondary N) is 1. The third-order valence-corrected chi connectivity index (χ3v) is 3.26. The van der Waals surface area contributed by atoms with Crippen molar-refractivity contribution in [2.24, 2.45) is 0 Å². The maximum Gasteiger partial charge on any atom is 0.181 e. The second-order valence-electron chi connectivity index (χ2n) is 4.96. The monoisotopic (exact) mass is 253 g/mol. The van der Waals surface area contributed by atoms with E-state index in [2.05, 4.69) is 40.1 Å². The number of nitrogens with zero attached hydrogens (tertiary/aromatic N) is 3. The lowest BCUT2D eigenvalue weighted by Gasteiger charge is -2.11. The second-order valence-corrected chi connectivity index (χ2v) is 4.96. The van der Waals surface area contributed by atoms with Crippen LogP contribution in [0.2, 0.25) is 0 Å². The fourth-order valence-corrected chi connectivity index (χ4v) is 2.32. The zero-order valence-corrected chi connectivity index (χ0v) is 11.2. The van der Waals surface area contributed by atoms with Gasteiger partial charge in [-0.05, 0) is 29.9 Å². The van der Waals surface area contributed by atoms with Crippen LogP contribution in [0.3, 0.4) is 0 Å². The van der Waals surface area contributed by atoms with Crippen molar-refractivity contribution in [3.8, 4) is 11.4 Å². The second kappa shape index (κ2) is 4.46. The van der Waals surface area contributed by atoms with Crippen LogP contribution in [0.25, 0.3) is 22.2 Å². The van der Waals surface area contributed by atoms with Gasteiger partial charge in [0.05, 0.1) is 1.37 Å². The third-order valence-electron chi connectivity index (χ3n) is 3.26. The molecule has 0 radical (unpaired) electrons. The number of H-pyrrole nitrogens is 1. The van der Waals surface area contributed by atoms with Gasteiger partial charge in [0.2, 0.25) is 0 Å². The molecule has 1 N–H and O–H groups in total. The van der Waals surface area contributed by atoms with Crippen LogP contribution in [0.1, 0.15) is 32.5 Å². The Labute approximate surface area is 113 Å². The van der Waals surface area contributed by atoms with Crippen molar-refractivity contribution in [3.05, 3.63) is 42.0 Å². The smallest absolute Gasteiger partial charge is 0.181 e. The molecular weight excluding hydrogens is 236 g/mol. The average Bonchev–Trinajstić information content (AvgIpc) is 2.83. The highest BCUT2D eigenvalue weighted by Gasteiger charge is 2.12. The number of pyridine rings is 1. The maximum atomic E-state index is 7.75. The van der Waals surface area contributed by atoms with Gasteiger partial charge in [0, 0.05) is 23.3 Å². The summed E-state index contributed by atoms with van der Waals surface area (Å²) in [5, 5.41) is 9.13. The van der Waals surface area contributed by atoms with E-state index < -0.39 is 0 Å². The molecule has 19 heavy (non-hydrogen) atoms. The van der Waals surface area contributed by atoms with Gasteiger partial charge in [0.15, 0.2) is 5.82 Å². The van der Waals surface area contributed by atoms with Gasteiger partial charge in [-0.15, -0.1) is 0 Å². The van der Waals surface area contributed by atoms with Crippen LogP contribution in [0.5, 0.6) is 0 Å². The number of aromatic nitrogens is 4. The van der Waals surface area contributed by atoms with Crippen LogP contribution in [0, 0.1) is 6.92 Å². The van der Waals surface area contributed by atoms with E-state index in [9.17, 15) is 0 Å². The van der Waals surface area contributed by atoms with Gasteiger partial charge in [-0.1, -0.05) is 26.0 Å². The minimum Gasteiger partial charge on any atom is -0.264 e. The lowest BCUT2D eigenvalue weighted by molar-refractivity contribution is 0.876. The molecule has 0 fully saturated rings. The lowest BCUT2D eigenvalue weighted by atomic mass is 9.94. The molecule has 0 atom stereocenters. The van der Waals surface area contributed by atoms with Gasteiger partial charge in [0.25, 0.3) is 0 Å². The molecule has 96 valence electrons. The Morgan fingerprint density at radius 2 is 2.05 bits per heavy atom. The van der Waals surface area contributed by atoms with E-state index in [1.165, 1.54) is 5.56 Å². The van der Waals surface area contributed by atoms with E-state index in [1.807, 2.05) is 19.1 Å². The third kappa shape index (κ3) is 1.99. The number of aryl methyl sites for hydroxylation is 1. The zero-order valence-electron chi connectivity index (χ0n) is 12.2. The van der Waals surface area contributed by atoms with Crippen LogP contribution >= 0.6 is 0 Å². The van der Waals surface area contributed by atoms with E-state index in [0.717, 1.165) is 22.2 Å². The van der Waals surface area contributed by atoms with Crippen molar-refractivity contribution >= 4 is 10.8 Å². The molecule has 0 amide bonds. The standard InChI is InChI=1S/C15H16N4/c1-9(2)11-4-5-13(15-17-10(3)18-19-15)14-8-16-7-6-12(11)14/h4-9H,1-3H3,(H,17,18,19)/i7D. The molecule has 3 aromatic rings. The van der Waals surface area contributed by atoms with E-state index in [4.69, 9.17) is 1.37 Å². The summed E-state index contributed by atoms with van der Waals surface area (Å²) in [7, 11) is 0. The Kier molecular flexibility index (Phi) is 2.51. The highest BCUT2D eigenvalue weighted by Crippen LogP contribution is 2.31. The molecule has 0 saturated carbocycles. The molecule has 0 bridgehead atoms. The molecule has 0 aliphatic heterocycles. The normalized spacial score (nSPS) is 12.1. The molecule has 0 aliphatic carbocycles. The summed E-state index contributed by atoms with van der Waals surface area (Å²) in [5.41, 5.74) is 2.16. The first-order chi connectivity index (χ1) is 9.56. The van der Waals surface area contributed by atoms with Crippen LogP contribution in [0.4, 0.5) is 0 Å². The van der Waals surface area contributed by atoms with Crippen molar-refractivity contribution in [1.29, 1.82) is 0 Å². The highest BCUT2D eigenvalue weighted by molar-refractivity contribution is 5.96. The molecule has 2 aromatic heterocycles. The van der Waals surface area contributed by atoms with Crippen LogP contribution in [-0.2, 0) is 0 Å². The predicted octanol–water partition coefficient (Wildman–Crippen LogP) is 3.45. The van der Waals surface area contributed by atoms with Gasteiger partial charge < -0.3 is 0 Å². The van der Waals surface area contributed by atoms with Crippen LogP contribution in [0.15, 0.2) is 30.6 Å². The Bertz CT molecular complexity index is 777. The molecular formula is C15H16N4. The first-order valence-electron chi connectivity index (χ1n) is 6.85. The minimum absolute atomic E-state index is 0.280. The summed E-state index contributed by atoms with van der Waals surface area (Å²) in [6.07, 6.45) is 2.02. The van der Waals surface area contributed by atoms with Crippen LogP contribution in [-0.4, -0.2) is 20.2 Å². The summed E-state index contributed by atoms with van der Waals surface area (Å²) < 4.78 is 7.75. The van der Waals surface area contributed by atoms with Crippen molar-refractivity contribution in [1.82, 2.24) is 20.2 Å². The molecule has 3 rings (SSSR count). The van der Waals surface area contributed by atoms with Crippen molar-refractivity contribution in [2.75, 3.05) is 0 Å². The topological polar surface area (TPSA) is 54.5 Å². The lowest BCUT2D eigenvalue weighted by Crippen LogP contribution is -1.93. The molecule has 0 unspecified atom stereocenters. The summed E-state index contributed by atoms with van der Waals surface area (Å²) in [6, 6.07) is 5.94. The number of fused-ring (bicyclic) bond motifs is 1. The van der Waals surface area contributed by atoms with E-state index in [1.54, 1.807) is 6.20 Å². The predicted molar refractivity (Wildman–Crippen MR) is 75.9 cm³/mol. The summed E-state index contributed by atoms with van der Waals surface area (Å²) >= 11 is 0. The largest absolute Gasteiger partial charge is 0.264 e. The van der Waals surface area contributed by atoms with Gasteiger partial charge in [-0.2, -0.15) is 5.10 Å². The summed E-state index contributed by atoms with van der Waals surface area (Å²) in [4.78, 5) is 8.49. The van der Waals surface area contributed by atoms with Gasteiger partial charge >= 0.3 is 0 Å².